The summed E-state index contributed by atoms with van der Waals surface area (Å²) in [6, 6.07) is 15.9. The van der Waals surface area contributed by atoms with Gasteiger partial charge in [0.2, 0.25) is 0 Å². The molecule has 1 aromatic heterocycles. The molecule has 3 aromatic rings. The summed E-state index contributed by atoms with van der Waals surface area (Å²) in [5.74, 6) is 1.41. The van der Waals surface area contributed by atoms with Gasteiger partial charge in [-0.05, 0) is 43.7 Å². The number of methoxy groups -OCH3 is 1. The summed E-state index contributed by atoms with van der Waals surface area (Å²) >= 11 is 3.24. The number of thiazole rings is 1. The first-order valence-corrected chi connectivity index (χ1v) is 10.3. The van der Waals surface area contributed by atoms with Crippen LogP contribution in [0.25, 0.3) is 10.2 Å². The van der Waals surface area contributed by atoms with Crippen LogP contribution >= 0.6 is 23.1 Å². The maximum Gasteiger partial charge on any atom is 0.171 e. The van der Waals surface area contributed by atoms with Gasteiger partial charge in [0.15, 0.2) is 16.2 Å². The molecule has 0 amide bonds. The smallest absolute Gasteiger partial charge is 0.171 e. The third kappa shape index (κ3) is 3.47. The summed E-state index contributed by atoms with van der Waals surface area (Å²) in [7, 11) is 1.64. The van der Waals surface area contributed by atoms with E-state index in [1.54, 1.807) is 37.1 Å². The molecule has 27 heavy (non-hydrogen) atoms. The number of thioether (sulfide) groups is 1. The van der Waals surface area contributed by atoms with E-state index in [4.69, 9.17) is 14.5 Å². The first-order valence-electron chi connectivity index (χ1n) is 8.62. The number of Topliss-reactive ketones (excluding diaryl/α,β-unsaturated/α-hetero) is 1. The quantitative estimate of drug-likeness (QED) is 0.577. The minimum atomic E-state index is -0.519. The lowest BCUT2D eigenvalue weighted by Gasteiger charge is -2.19. The van der Waals surface area contributed by atoms with Gasteiger partial charge < -0.3 is 9.47 Å². The van der Waals surface area contributed by atoms with Gasteiger partial charge in [-0.25, -0.2) is 4.98 Å². The fourth-order valence-electron chi connectivity index (χ4n) is 3.28. The van der Waals surface area contributed by atoms with Crippen LogP contribution in [-0.4, -0.2) is 24.0 Å². The number of hydrogen-bond acceptors (Lipinski definition) is 6. The number of hydrogen-bond donors (Lipinski definition) is 0. The highest BCUT2D eigenvalue weighted by Crippen LogP contribution is 2.49. The molecule has 0 bridgehead atoms. The Morgan fingerprint density at radius 1 is 1.22 bits per heavy atom. The number of ketones is 1. The molecule has 2 heterocycles. The number of aromatic nitrogens is 1. The average Bonchev–Trinajstić information content (AvgIpc) is 3.23. The van der Waals surface area contributed by atoms with E-state index in [0.29, 0.717) is 0 Å². The fourth-order valence-corrected chi connectivity index (χ4v) is 5.59. The monoisotopic (exact) mass is 397 g/mol. The Morgan fingerprint density at radius 2 is 2.04 bits per heavy atom. The summed E-state index contributed by atoms with van der Waals surface area (Å²) in [5.41, 5.74) is 2.00. The molecule has 2 atom stereocenters. The minimum Gasteiger partial charge on any atom is -0.497 e. The topological polar surface area (TPSA) is 48.4 Å². The number of allylic oxidation sites excluding steroid dienone is 1. The van der Waals surface area contributed by atoms with Gasteiger partial charge in [0, 0.05) is 4.91 Å². The standard InChI is InChI=1S/C21H19NO3S2/c1-12(23)19-18(14-7-6-8-15(11-14)24-3)20(13(2)25-19)27-21-22-16-9-4-5-10-17(16)26-21/h4-11,18-19H,1-3H3/t18-,19-/m1/s1. The molecule has 0 unspecified atom stereocenters. The molecule has 0 radical (unpaired) electrons. The fraction of sp³-hybridized carbons (Fsp3) is 0.238. The van der Waals surface area contributed by atoms with E-state index in [1.165, 1.54) is 0 Å². The molecule has 0 saturated carbocycles. The van der Waals surface area contributed by atoms with E-state index in [0.717, 1.165) is 36.5 Å². The molecule has 138 valence electrons. The van der Waals surface area contributed by atoms with E-state index in [-0.39, 0.29) is 11.7 Å². The number of para-hydroxylation sites is 1. The van der Waals surface area contributed by atoms with Crippen LogP contribution in [0.2, 0.25) is 0 Å². The first kappa shape index (κ1) is 18.1. The lowest BCUT2D eigenvalue weighted by Crippen LogP contribution is -2.24. The van der Waals surface area contributed by atoms with Gasteiger partial charge in [0.05, 0.1) is 23.2 Å². The molecule has 4 nitrogen and oxygen atoms in total. The third-order valence-electron chi connectivity index (χ3n) is 4.56. The number of ether oxygens (including phenoxy) is 2. The SMILES string of the molecule is COc1cccc([C@H]2C(Sc3nc4ccccc4s3)=C(C)O[C@@H]2C(C)=O)c1. The van der Waals surface area contributed by atoms with Gasteiger partial charge >= 0.3 is 0 Å². The van der Waals surface area contributed by atoms with Crippen molar-refractivity contribution in [3.8, 4) is 5.75 Å². The molecular formula is C21H19NO3S2. The largest absolute Gasteiger partial charge is 0.497 e. The molecule has 0 N–H and O–H groups in total. The Kier molecular flexibility index (Phi) is 4.93. The lowest BCUT2D eigenvalue weighted by atomic mass is 9.92. The Morgan fingerprint density at radius 3 is 2.78 bits per heavy atom. The van der Waals surface area contributed by atoms with Crippen molar-refractivity contribution in [3.05, 3.63) is 64.8 Å². The van der Waals surface area contributed by atoms with E-state index in [2.05, 4.69) is 6.07 Å². The second kappa shape index (κ2) is 7.37. The van der Waals surface area contributed by atoms with Crippen LogP contribution in [0, 0.1) is 0 Å². The van der Waals surface area contributed by atoms with E-state index >= 15 is 0 Å². The molecule has 0 saturated heterocycles. The van der Waals surface area contributed by atoms with Gasteiger partial charge in [0.1, 0.15) is 11.5 Å². The first-order chi connectivity index (χ1) is 13.1. The summed E-state index contributed by atoms with van der Waals surface area (Å²) in [4.78, 5) is 18.0. The van der Waals surface area contributed by atoms with Gasteiger partial charge in [-0.15, -0.1) is 11.3 Å². The molecule has 6 heteroatoms. The van der Waals surface area contributed by atoms with Crippen LogP contribution in [0.15, 0.2) is 63.5 Å². The molecule has 0 fully saturated rings. The minimum absolute atomic E-state index is 0.0158. The Bertz CT molecular complexity index is 1010. The third-order valence-corrected chi connectivity index (χ3v) is 6.92. The highest BCUT2D eigenvalue weighted by atomic mass is 32.2. The van der Waals surface area contributed by atoms with Crippen LogP contribution in [0.3, 0.4) is 0 Å². The zero-order valence-electron chi connectivity index (χ0n) is 15.3. The molecule has 2 aromatic carbocycles. The number of nitrogens with zero attached hydrogens (tertiary/aromatic N) is 1. The van der Waals surface area contributed by atoms with Crippen molar-refractivity contribution in [2.75, 3.05) is 7.11 Å². The highest BCUT2D eigenvalue weighted by Gasteiger charge is 2.40. The predicted molar refractivity (Wildman–Crippen MR) is 109 cm³/mol. The zero-order chi connectivity index (χ0) is 19.0. The summed E-state index contributed by atoms with van der Waals surface area (Å²) in [6.07, 6.45) is -0.519. The van der Waals surface area contributed by atoms with Crippen LogP contribution in [0.5, 0.6) is 5.75 Å². The van der Waals surface area contributed by atoms with Crippen molar-refractivity contribution in [3.63, 3.8) is 0 Å². The maximum atomic E-state index is 12.3. The van der Waals surface area contributed by atoms with Crippen molar-refractivity contribution < 1.29 is 14.3 Å². The van der Waals surface area contributed by atoms with Crippen molar-refractivity contribution in [2.45, 2.75) is 30.2 Å². The number of carbonyl (C=O) groups is 1. The van der Waals surface area contributed by atoms with Crippen LogP contribution in [-0.2, 0) is 9.53 Å². The second-order valence-electron chi connectivity index (χ2n) is 6.37. The highest BCUT2D eigenvalue weighted by molar-refractivity contribution is 8.04. The molecule has 4 rings (SSSR count). The van der Waals surface area contributed by atoms with Crippen molar-refractivity contribution >= 4 is 39.1 Å². The van der Waals surface area contributed by atoms with E-state index < -0.39 is 6.10 Å². The van der Waals surface area contributed by atoms with E-state index in [9.17, 15) is 4.79 Å². The number of fused-ring (bicyclic) bond motifs is 1. The summed E-state index contributed by atoms with van der Waals surface area (Å²) < 4.78 is 13.4. The lowest BCUT2D eigenvalue weighted by molar-refractivity contribution is -0.125. The summed E-state index contributed by atoms with van der Waals surface area (Å²) in [5, 5.41) is 0. The molecule has 0 aliphatic carbocycles. The Labute approximate surface area is 166 Å². The zero-order valence-corrected chi connectivity index (χ0v) is 16.9. The van der Waals surface area contributed by atoms with Crippen molar-refractivity contribution in [1.29, 1.82) is 0 Å². The van der Waals surface area contributed by atoms with Crippen molar-refractivity contribution in [2.24, 2.45) is 0 Å². The molecule has 0 spiro atoms. The normalized spacial score (nSPS) is 19.4. The molecular weight excluding hydrogens is 378 g/mol. The predicted octanol–water partition coefficient (Wildman–Crippen LogP) is 5.40. The summed E-state index contributed by atoms with van der Waals surface area (Å²) in [6.45, 7) is 3.50. The van der Waals surface area contributed by atoms with E-state index in [1.807, 2.05) is 49.4 Å². The molecule has 1 aliphatic heterocycles. The Balaban J connectivity index is 1.73. The molecule has 1 aliphatic rings. The van der Waals surface area contributed by atoms with Gasteiger partial charge in [0.25, 0.3) is 0 Å². The van der Waals surface area contributed by atoms with Gasteiger partial charge in [-0.2, -0.15) is 0 Å². The number of carbonyl (C=O) groups excluding carboxylic acids is 1. The van der Waals surface area contributed by atoms with Gasteiger partial charge in [-0.1, -0.05) is 36.0 Å². The van der Waals surface area contributed by atoms with Crippen LogP contribution in [0.1, 0.15) is 25.3 Å². The second-order valence-corrected chi connectivity index (χ2v) is 8.69. The Hall–Kier alpha value is -2.31. The maximum absolute atomic E-state index is 12.3. The number of rotatable bonds is 5. The number of benzene rings is 2. The van der Waals surface area contributed by atoms with Crippen LogP contribution < -0.4 is 4.74 Å². The average molecular weight is 398 g/mol. The van der Waals surface area contributed by atoms with Gasteiger partial charge in [-0.3, -0.25) is 4.79 Å². The van der Waals surface area contributed by atoms with Crippen molar-refractivity contribution in [1.82, 2.24) is 4.98 Å². The van der Waals surface area contributed by atoms with Crippen LogP contribution in [0.4, 0.5) is 0 Å².